The Morgan fingerprint density at radius 3 is 2.52 bits per heavy atom. The highest BCUT2D eigenvalue weighted by Crippen LogP contribution is 2.54. The Bertz CT molecular complexity index is 1740. The molecule has 2 aromatic carbocycles. The summed E-state index contributed by atoms with van der Waals surface area (Å²) in [6, 6.07) is 6.75. The average molecular weight is 568 g/mol. The third-order valence-electron chi connectivity index (χ3n) is 6.95. The quantitative estimate of drug-likeness (QED) is 0.347. The molecule has 2 heterocycles. The number of hydrogen-bond acceptors (Lipinski definition) is 11. The molecule has 40 heavy (non-hydrogen) atoms. The Morgan fingerprint density at radius 1 is 1.12 bits per heavy atom. The molecule has 1 spiro atoms. The van der Waals surface area contributed by atoms with E-state index in [1.54, 1.807) is 6.92 Å². The lowest BCUT2D eigenvalue weighted by molar-refractivity contribution is -0.118. The molecule has 0 radical (unpaired) electrons. The standard InChI is InChI=1S/C28H22ClNO10/c1-12-7-16(31)15(11-30-13-5-6-18-14(8-13)17(32)9-21(39-18)27(35)38-4)25(33)28(12)26(34)22-19(36-2)10-20(37-3)23(29)24(22)40-28/h5-6,8-12,33H,7H2,1-4H3. The normalized spacial score (nSPS) is 20.3. The zero-order valence-corrected chi connectivity index (χ0v) is 22.5. The number of aliphatic hydroxyl groups is 1. The van der Waals surface area contributed by atoms with Gasteiger partial charge in [0.15, 0.2) is 22.7 Å². The number of benzene rings is 2. The number of carbonyl (C=O) groups is 3. The SMILES string of the molecule is COC(=O)c1cc(=O)c2cc(N=CC3=C(O)C4(Oc5c(Cl)c(OC)cc(OC)c5C4=O)C(C)CC3=O)ccc2o1. The zero-order valence-electron chi connectivity index (χ0n) is 21.7. The lowest BCUT2D eigenvalue weighted by Crippen LogP contribution is -2.52. The number of halogens is 1. The second-order valence-corrected chi connectivity index (χ2v) is 9.54. The monoisotopic (exact) mass is 567 g/mol. The largest absolute Gasteiger partial charge is 0.507 e. The van der Waals surface area contributed by atoms with Crippen LogP contribution in [0.15, 0.2) is 55.9 Å². The Labute approximate surface area is 231 Å². The van der Waals surface area contributed by atoms with E-state index in [2.05, 4.69) is 9.73 Å². The molecule has 0 bridgehead atoms. The van der Waals surface area contributed by atoms with Crippen LogP contribution in [-0.4, -0.2) is 55.8 Å². The molecule has 0 amide bonds. The number of aliphatic imine (C=N–C) groups is 1. The van der Waals surface area contributed by atoms with E-state index < -0.39 is 40.2 Å². The van der Waals surface area contributed by atoms with Gasteiger partial charge in [-0.3, -0.25) is 19.4 Å². The van der Waals surface area contributed by atoms with Crippen molar-refractivity contribution in [2.24, 2.45) is 10.9 Å². The molecule has 0 saturated carbocycles. The molecule has 3 aromatic rings. The fourth-order valence-corrected chi connectivity index (χ4v) is 5.14. The van der Waals surface area contributed by atoms with Gasteiger partial charge in [0, 0.05) is 30.7 Å². The Balaban J connectivity index is 1.58. The van der Waals surface area contributed by atoms with Gasteiger partial charge in [-0.1, -0.05) is 18.5 Å². The molecule has 0 fully saturated rings. The molecular weight excluding hydrogens is 546 g/mol. The number of allylic oxidation sites excluding steroid dienone is 1. The Morgan fingerprint density at radius 2 is 1.85 bits per heavy atom. The number of ether oxygens (including phenoxy) is 4. The summed E-state index contributed by atoms with van der Waals surface area (Å²) in [4.78, 5) is 55.3. The molecule has 1 N–H and O–H groups in total. The third-order valence-corrected chi connectivity index (χ3v) is 7.31. The van der Waals surface area contributed by atoms with Crippen LogP contribution < -0.4 is 19.6 Å². The van der Waals surface area contributed by atoms with Crippen molar-refractivity contribution in [3.8, 4) is 17.2 Å². The molecule has 206 valence electrons. The van der Waals surface area contributed by atoms with E-state index in [1.165, 1.54) is 38.5 Å². The van der Waals surface area contributed by atoms with Crippen molar-refractivity contribution >= 4 is 52.0 Å². The molecule has 11 nitrogen and oxygen atoms in total. The second-order valence-electron chi connectivity index (χ2n) is 9.16. The predicted molar refractivity (Wildman–Crippen MR) is 143 cm³/mol. The number of Topliss-reactive ketones (excluding diaryl/α,β-unsaturated/α-hetero) is 2. The van der Waals surface area contributed by atoms with Crippen molar-refractivity contribution in [2.45, 2.75) is 18.9 Å². The number of esters is 1. The summed E-state index contributed by atoms with van der Waals surface area (Å²) in [5.74, 6) is -3.23. The van der Waals surface area contributed by atoms with E-state index in [1.807, 2.05) is 0 Å². The van der Waals surface area contributed by atoms with E-state index in [9.17, 15) is 24.3 Å². The van der Waals surface area contributed by atoms with Gasteiger partial charge >= 0.3 is 5.97 Å². The molecule has 2 aliphatic rings. The summed E-state index contributed by atoms with van der Waals surface area (Å²) >= 11 is 6.44. The molecule has 1 aliphatic carbocycles. The first-order chi connectivity index (χ1) is 19.1. The van der Waals surface area contributed by atoms with E-state index in [0.29, 0.717) is 0 Å². The van der Waals surface area contributed by atoms with Gasteiger partial charge in [-0.2, -0.15) is 0 Å². The van der Waals surface area contributed by atoms with Crippen LogP contribution in [0.4, 0.5) is 5.69 Å². The summed E-state index contributed by atoms with van der Waals surface area (Å²) in [7, 11) is 3.92. The van der Waals surface area contributed by atoms with E-state index >= 15 is 0 Å². The van der Waals surface area contributed by atoms with Gasteiger partial charge in [0.2, 0.25) is 17.1 Å². The zero-order chi connectivity index (χ0) is 28.9. The lowest BCUT2D eigenvalue weighted by atomic mass is 9.73. The first kappa shape index (κ1) is 26.9. The summed E-state index contributed by atoms with van der Waals surface area (Å²) in [6.45, 7) is 1.61. The summed E-state index contributed by atoms with van der Waals surface area (Å²) in [5.41, 5.74) is -2.32. The molecule has 5 rings (SSSR count). The van der Waals surface area contributed by atoms with E-state index in [4.69, 9.17) is 30.2 Å². The maximum atomic E-state index is 13.8. The number of nitrogens with zero attached hydrogens (tertiary/aromatic N) is 1. The predicted octanol–water partition coefficient (Wildman–Crippen LogP) is 4.39. The van der Waals surface area contributed by atoms with Crippen LogP contribution in [0.5, 0.6) is 17.2 Å². The maximum Gasteiger partial charge on any atom is 0.374 e. The smallest absolute Gasteiger partial charge is 0.374 e. The summed E-state index contributed by atoms with van der Waals surface area (Å²) in [5, 5.41) is 11.5. The van der Waals surface area contributed by atoms with Crippen LogP contribution in [0, 0.1) is 5.92 Å². The minimum absolute atomic E-state index is 0.0148. The van der Waals surface area contributed by atoms with Crippen LogP contribution in [-0.2, 0) is 9.53 Å². The molecule has 1 aliphatic heterocycles. The molecule has 2 unspecified atom stereocenters. The highest BCUT2D eigenvalue weighted by atomic mass is 35.5. The lowest BCUT2D eigenvalue weighted by Gasteiger charge is -2.36. The summed E-state index contributed by atoms with van der Waals surface area (Å²) < 4.78 is 26.7. The molecule has 1 aromatic heterocycles. The number of fused-ring (bicyclic) bond motifs is 2. The molecule has 0 saturated heterocycles. The van der Waals surface area contributed by atoms with E-state index in [-0.39, 0.29) is 62.2 Å². The van der Waals surface area contributed by atoms with Gasteiger partial charge < -0.3 is 28.5 Å². The fraction of sp³-hybridized carbons (Fsp3) is 0.250. The second kappa shape index (κ2) is 9.83. The van der Waals surface area contributed by atoms with Gasteiger partial charge in [-0.05, 0) is 18.2 Å². The highest BCUT2D eigenvalue weighted by molar-refractivity contribution is 6.35. The number of ketones is 2. The van der Waals surface area contributed by atoms with Crippen molar-refractivity contribution in [2.75, 3.05) is 21.3 Å². The van der Waals surface area contributed by atoms with Crippen molar-refractivity contribution in [3.05, 3.63) is 68.2 Å². The van der Waals surface area contributed by atoms with Gasteiger partial charge in [-0.15, -0.1) is 0 Å². The van der Waals surface area contributed by atoms with Crippen molar-refractivity contribution in [1.29, 1.82) is 0 Å². The van der Waals surface area contributed by atoms with Gasteiger partial charge in [-0.25, -0.2) is 4.79 Å². The number of carbonyl (C=O) groups excluding carboxylic acids is 3. The fourth-order valence-electron chi connectivity index (χ4n) is 4.88. The van der Waals surface area contributed by atoms with Crippen LogP contribution in [0.3, 0.4) is 0 Å². The molecule has 2 atom stereocenters. The Kier molecular flexibility index (Phi) is 6.62. The molecular formula is C28H22ClNO10. The van der Waals surface area contributed by atoms with Crippen molar-refractivity contribution in [3.63, 3.8) is 0 Å². The van der Waals surface area contributed by atoms with Gasteiger partial charge in [0.1, 0.15) is 27.7 Å². The maximum absolute atomic E-state index is 13.8. The summed E-state index contributed by atoms with van der Waals surface area (Å²) in [6.07, 6.45) is 0.968. The van der Waals surface area contributed by atoms with Gasteiger partial charge in [0.05, 0.1) is 38.0 Å². The highest BCUT2D eigenvalue weighted by Gasteiger charge is 2.60. The minimum Gasteiger partial charge on any atom is -0.507 e. The van der Waals surface area contributed by atoms with Crippen LogP contribution in [0.25, 0.3) is 11.0 Å². The number of methoxy groups -OCH3 is 3. The first-order valence-electron chi connectivity index (χ1n) is 11.9. The number of rotatable bonds is 5. The Hall–Kier alpha value is -4.64. The third kappa shape index (κ3) is 3.92. The molecule has 12 heteroatoms. The number of hydrogen-bond donors (Lipinski definition) is 1. The van der Waals surface area contributed by atoms with Crippen LogP contribution >= 0.6 is 11.6 Å². The average Bonchev–Trinajstić information content (AvgIpc) is 3.26. The minimum atomic E-state index is -1.95. The van der Waals surface area contributed by atoms with Crippen molar-refractivity contribution < 1.29 is 42.9 Å². The van der Waals surface area contributed by atoms with Crippen LogP contribution in [0.1, 0.15) is 34.3 Å². The van der Waals surface area contributed by atoms with Crippen LogP contribution in [0.2, 0.25) is 5.02 Å². The van der Waals surface area contributed by atoms with Crippen molar-refractivity contribution in [1.82, 2.24) is 0 Å². The first-order valence-corrected chi connectivity index (χ1v) is 12.3. The number of aliphatic hydroxyl groups excluding tert-OH is 1. The van der Waals surface area contributed by atoms with Gasteiger partial charge in [0.25, 0.3) is 0 Å². The topological polar surface area (TPSA) is 151 Å². The van der Waals surface area contributed by atoms with E-state index in [0.717, 1.165) is 19.4 Å².